The van der Waals surface area contributed by atoms with Crippen LogP contribution >= 0.6 is 22.7 Å². The Morgan fingerprint density at radius 1 is 1.13 bits per heavy atom. The van der Waals surface area contributed by atoms with E-state index in [9.17, 15) is 13.2 Å². The molecule has 1 aliphatic heterocycles. The lowest BCUT2D eigenvalue weighted by molar-refractivity contribution is 0.0927. The van der Waals surface area contributed by atoms with E-state index in [-0.39, 0.29) is 11.9 Å². The molecular formula is C21H23N3O3S3. The minimum atomic E-state index is -3.50. The van der Waals surface area contributed by atoms with Gasteiger partial charge >= 0.3 is 0 Å². The first-order valence-electron chi connectivity index (χ1n) is 9.72. The molecule has 9 heteroatoms. The zero-order valence-corrected chi connectivity index (χ0v) is 19.2. The number of carbonyl (C=O) groups is 1. The van der Waals surface area contributed by atoms with Crippen LogP contribution in [0.4, 0.5) is 0 Å². The van der Waals surface area contributed by atoms with Gasteiger partial charge in [0.2, 0.25) is 10.0 Å². The Balaban J connectivity index is 1.38. The number of benzene rings is 1. The topological polar surface area (TPSA) is 79.4 Å². The van der Waals surface area contributed by atoms with Crippen LogP contribution in [0.1, 0.15) is 33.8 Å². The quantitative estimate of drug-likeness (QED) is 0.621. The summed E-state index contributed by atoms with van der Waals surface area (Å²) in [5.74, 6) is -0.133. The van der Waals surface area contributed by atoms with Crippen molar-refractivity contribution in [2.45, 2.75) is 37.6 Å². The van der Waals surface area contributed by atoms with Crippen molar-refractivity contribution >= 4 is 38.6 Å². The van der Waals surface area contributed by atoms with Gasteiger partial charge in [0.25, 0.3) is 5.91 Å². The summed E-state index contributed by atoms with van der Waals surface area (Å²) in [6.45, 7) is 4.56. The molecule has 30 heavy (non-hydrogen) atoms. The van der Waals surface area contributed by atoms with E-state index in [1.807, 2.05) is 42.8 Å². The van der Waals surface area contributed by atoms with Gasteiger partial charge in [-0.05, 0) is 50.3 Å². The summed E-state index contributed by atoms with van der Waals surface area (Å²) in [5.41, 5.74) is 2.77. The van der Waals surface area contributed by atoms with Gasteiger partial charge in [0.15, 0.2) is 0 Å². The van der Waals surface area contributed by atoms with Crippen molar-refractivity contribution in [3.63, 3.8) is 0 Å². The molecular weight excluding hydrogens is 438 g/mol. The van der Waals surface area contributed by atoms with Crippen LogP contribution in [0.3, 0.4) is 0 Å². The number of sulfonamides is 1. The highest BCUT2D eigenvalue weighted by molar-refractivity contribution is 7.89. The van der Waals surface area contributed by atoms with Crippen molar-refractivity contribution < 1.29 is 13.2 Å². The lowest BCUT2D eigenvalue weighted by atomic mass is 10.1. The highest BCUT2D eigenvalue weighted by atomic mass is 32.2. The monoisotopic (exact) mass is 461 g/mol. The molecule has 1 amide bonds. The summed E-state index contributed by atoms with van der Waals surface area (Å²) in [7, 11) is -3.50. The van der Waals surface area contributed by atoms with Crippen LogP contribution in [0.5, 0.6) is 0 Å². The summed E-state index contributed by atoms with van der Waals surface area (Å²) < 4.78 is 27.2. The summed E-state index contributed by atoms with van der Waals surface area (Å²) in [6.07, 6.45) is 1.18. The highest BCUT2D eigenvalue weighted by Gasteiger charge is 2.30. The lowest BCUT2D eigenvalue weighted by Crippen LogP contribution is -2.46. The summed E-state index contributed by atoms with van der Waals surface area (Å²) in [6, 6.07) is 8.86. The van der Waals surface area contributed by atoms with E-state index in [0.717, 1.165) is 21.8 Å². The lowest BCUT2D eigenvalue weighted by Gasteiger charge is -2.31. The number of aromatic nitrogens is 1. The van der Waals surface area contributed by atoms with E-state index in [2.05, 4.69) is 10.3 Å². The fraction of sp³-hybridized carbons (Fsp3) is 0.333. The van der Waals surface area contributed by atoms with E-state index in [1.165, 1.54) is 15.6 Å². The maximum Gasteiger partial charge on any atom is 0.263 e. The number of aryl methyl sites for hydroxylation is 2. The fourth-order valence-corrected chi connectivity index (χ4v) is 6.62. The third kappa shape index (κ3) is 4.34. The zero-order valence-electron chi connectivity index (χ0n) is 16.8. The van der Waals surface area contributed by atoms with Crippen molar-refractivity contribution in [1.29, 1.82) is 0 Å². The van der Waals surface area contributed by atoms with Gasteiger partial charge in [0.1, 0.15) is 9.88 Å². The van der Waals surface area contributed by atoms with Gasteiger partial charge in [0.05, 0.1) is 10.6 Å². The number of amides is 1. The van der Waals surface area contributed by atoms with Crippen molar-refractivity contribution in [1.82, 2.24) is 14.6 Å². The summed E-state index contributed by atoms with van der Waals surface area (Å²) >= 11 is 2.99. The van der Waals surface area contributed by atoms with Crippen LogP contribution in [0.15, 0.2) is 46.0 Å². The van der Waals surface area contributed by atoms with Crippen LogP contribution in [0.25, 0.3) is 10.6 Å². The Kier molecular flexibility index (Phi) is 6.06. The molecule has 3 heterocycles. The molecule has 3 aromatic rings. The third-order valence-corrected chi connectivity index (χ3v) is 9.02. The first-order chi connectivity index (χ1) is 14.3. The van der Waals surface area contributed by atoms with Gasteiger partial charge in [-0.1, -0.05) is 17.7 Å². The molecule has 1 N–H and O–H groups in total. The number of rotatable bonds is 5. The molecule has 1 aliphatic rings. The normalized spacial score (nSPS) is 15.9. The zero-order chi connectivity index (χ0) is 21.3. The molecule has 0 radical (unpaired) electrons. The number of thiazole rings is 1. The standard InChI is InChI=1S/C21H23N3O3S3/c1-14-3-5-18(6-4-14)30(26,27)24-10-7-17(8-11-24)23-20(25)19-15(2)22-21(29-19)16-9-12-28-13-16/h3-6,9,12-13,17H,7-8,10-11H2,1-2H3,(H,23,25). The molecule has 0 bridgehead atoms. The van der Waals surface area contributed by atoms with Gasteiger partial charge in [-0.25, -0.2) is 13.4 Å². The van der Waals surface area contributed by atoms with Gasteiger partial charge in [0, 0.05) is 30.1 Å². The second-order valence-corrected chi connectivity index (χ2v) is 11.1. The molecule has 0 unspecified atom stereocenters. The number of nitrogens with zero attached hydrogens (tertiary/aromatic N) is 2. The molecule has 1 fully saturated rings. The molecule has 0 saturated carbocycles. The minimum Gasteiger partial charge on any atom is -0.348 e. The van der Waals surface area contributed by atoms with Gasteiger partial charge < -0.3 is 5.32 Å². The van der Waals surface area contributed by atoms with Crippen molar-refractivity contribution in [2.75, 3.05) is 13.1 Å². The Morgan fingerprint density at radius 3 is 2.47 bits per heavy atom. The van der Waals surface area contributed by atoms with E-state index < -0.39 is 10.0 Å². The number of piperidine rings is 1. The predicted molar refractivity (Wildman–Crippen MR) is 121 cm³/mol. The molecule has 1 saturated heterocycles. The number of hydrogen-bond donors (Lipinski definition) is 1. The molecule has 0 spiro atoms. The van der Waals surface area contributed by atoms with E-state index in [0.29, 0.717) is 35.7 Å². The van der Waals surface area contributed by atoms with E-state index in [4.69, 9.17) is 0 Å². The Morgan fingerprint density at radius 2 is 1.83 bits per heavy atom. The number of carbonyl (C=O) groups excluding carboxylic acids is 1. The Hall–Kier alpha value is -2.07. The first kappa shape index (κ1) is 21.2. The van der Waals surface area contributed by atoms with E-state index in [1.54, 1.807) is 23.5 Å². The van der Waals surface area contributed by atoms with Gasteiger partial charge in [-0.2, -0.15) is 15.6 Å². The van der Waals surface area contributed by atoms with Gasteiger partial charge in [-0.3, -0.25) is 4.79 Å². The van der Waals surface area contributed by atoms with Crippen LogP contribution in [-0.4, -0.2) is 42.7 Å². The Bertz CT molecular complexity index is 1130. The molecule has 2 aromatic heterocycles. The summed E-state index contributed by atoms with van der Waals surface area (Å²) in [5, 5.41) is 7.92. The van der Waals surface area contributed by atoms with Gasteiger partial charge in [-0.15, -0.1) is 11.3 Å². The second kappa shape index (κ2) is 8.58. The van der Waals surface area contributed by atoms with Crippen LogP contribution in [0, 0.1) is 13.8 Å². The highest BCUT2D eigenvalue weighted by Crippen LogP contribution is 2.29. The third-order valence-electron chi connectivity index (χ3n) is 5.22. The second-order valence-electron chi connectivity index (χ2n) is 7.41. The molecule has 4 rings (SSSR count). The predicted octanol–water partition coefficient (Wildman–Crippen LogP) is 4.07. The van der Waals surface area contributed by atoms with Crippen LogP contribution < -0.4 is 5.32 Å². The number of nitrogens with one attached hydrogen (secondary N) is 1. The molecule has 0 atom stereocenters. The first-order valence-corrected chi connectivity index (χ1v) is 12.9. The molecule has 6 nitrogen and oxygen atoms in total. The molecule has 158 valence electrons. The molecule has 0 aliphatic carbocycles. The number of hydrogen-bond acceptors (Lipinski definition) is 6. The van der Waals surface area contributed by atoms with Crippen molar-refractivity contribution in [3.05, 3.63) is 57.2 Å². The smallest absolute Gasteiger partial charge is 0.263 e. The van der Waals surface area contributed by atoms with Crippen LogP contribution in [0.2, 0.25) is 0 Å². The van der Waals surface area contributed by atoms with Crippen LogP contribution in [-0.2, 0) is 10.0 Å². The average Bonchev–Trinajstić information content (AvgIpc) is 3.38. The minimum absolute atomic E-state index is 0.0481. The van der Waals surface area contributed by atoms with Crippen molar-refractivity contribution in [3.8, 4) is 10.6 Å². The van der Waals surface area contributed by atoms with Crippen molar-refractivity contribution in [2.24, 2.45) is 0 Å². The summed E-state index contributed by atoms with van der Waals surface area (Å²) in [4.78, 5) is 18.2. The van der Waals surface area contributed by atoms with E-state index >= 15 is 0 Å². The average molecular weight is 462 g/mol. The molecule has 1 aromatic carbocycles. The Labute approximate surface area is 184 Å². The maximum atomic E-state index is 12.8. The maximum absolute atomic E-state index is 12.8. The fourth-order valence-electron chi connectivity index (χ4n) is 3.47. The largest absolute Gasteiger partial charge is 0.348 e. The SMILES string of the molecule is Cc1ccc(S(=O)(=O)N2CCC(NC(=O)c3sc(-c4ccsc4)nc3C)CC2)cc1. The number of thiophene rings is 1.